The minimum absolute atomic E-state index is 0.108. The summed E-state index contributed by atoms with van der Waals surface area (Å²) >= 11 is 0. The molecule has 0 aliphatic carbocycles. The molecule has 0 aromatic heterocycles. The number of para-hydroxylation sites is 1. The molecular formula is C15H12O2. The third-order valence-electron chi connectivity index (χ3n) is 2.94. The van der Waals surface area contributed by atoms with Crippen molar-refractivity contribution in [1.29, 1.82) is 0 Å². The van der Waals surface area contributed by atoms with Crippen molar-refractivity contribution in [1.82, 2.24) is 0 Å². The van der Waals surface area contributed by atoms with Crippen molar-refractivity contribution >= 4 is 5.78 Å². The number of ether oxygens (including phenoxy) is 1. The summed E-state index contributed by atoms with van der Waals surface area (Å²) in [6.45, 7) is 0. The molecule has 0 amide bonds. The van der Waals surface area contributed by atoms with E-state index in [1.54, 1.807) is 18.2 Å². The highest BCUT2D eigenvalue weighted by molar-refractivity contribution is 5.99. The Labute approximate surface area is 101 Å². The lowest BCUT2D eigenvalue weighted by Gasteiger charge is -2.25. The molecule has 17 heavy (non-hydrogen) atoms. The van der Waals surface area contributed by atoms with Gasteiger partial charge in [0.2, 0.25) is 0 Å². The first-order chi connectivity index (χ1) is 8.74. The van der Waals surface area contributed by atoms with Crippen LogP contribution in [0.25, 0.3) is 0 Å². The van der Waals surface area contributed by atoms with Gasteiger partial charge >= 0.3 is 0 Å². The number of fused-ring (bicyclic) bond motifs is 1. The van der Waals surface area contributed by atoms with E-state index in [4.69, 9.17) is 6.11 Å². The van der Waals surface area contributed by atoms with Gasteiger partial charge in [-0.1, -0.05) is 42.4 Å². The van der Waals surface area contributed by atoms with E-state index in [0.29, 0.717) is 23.8 Å². The van der Waals surface area contributed by atoms with Gasteiger partial charge in [-0.15, -0.1) is 0 Å². The van der Waals surface area contributed by atoms with Crippen LogP contribution < -0.4 is 4.74 Å². The van der Waals surface area contributed by atoms with Crippen LogP contribution in [0.3, 0.4) is 0 Å². The number of carbonyl (C=O) groups is 1. The molecule has 0 N–H and O–H groups in total. The molecule has 1 atom stereocenters. The van der Waals surface area contributed by atoms with E-state index in [1.807, 2.05) is 30.3 Å². The number of carbonyl (C=O) groups excluding carboxylic acids is 1. The summed E-state index contributed by atoms with van der Waals surface area (Å²) in [4.78, 5) is 12.0. The summed E-state index contributed by atoms with van der Waals surface area (Å²) < 4.78 is 13.3. The molecule has 1 unspecified atom stereocenters. The smallest absolute Gasteiger partial charge is 0.170 e. The van der Waals surface area contributed by atoms with E-state index in [0.717, 1.165) is 5.56 Å². The number of Topliss-reactive ketones (excluding diaryl/α,β-unsaturated/α-hetero) is 1. The van der Waals surface area contributed by atoms with Crippen molar-refractivity contribution in [2.45, 2.75) is 12.5 Å². The second-order valence-corrected chi connectivity index (χ2v) is 4.06. The summed E-state index contributed by atoms with van der Waals surface area (Å²) in [6.07, 6.45) is 0.113. The molecule has 1 heterocycles. The Balaban J connectivity index is 1.94. The van der Waals surface area contributed by atoms with Crippen LogP contribution in [-0.2, 0) is 0 Å². The van der Waals surface area contributed by atoms with Crippen LogP contribution in [0.1, 0.15) is 29.8 Å². The van der Waals surface area contributed by atoms with Gasteiger partial charge < -0.3 is 4.74 Å². The predicted octanol–water partition coefficient (Wildman–Crippen LogP) is 3.39. The zero-order valence-corrected chi connectivity index (χ0v) is 9.22. The van der Waals surface area contributed by atoms with E-state index < -0.39 is 0 Å². The first-order valence-corrected chi connectivity index (χ1v) is 5.59. The van der Waals surface area contributed by atoms with Gasteiger partial charge in [0.25, 0.3) is 0 Å². The van der Waals surface area contributed by atoms with Crippen LogP contribution in [0.4, 0.5) is 0 Å². The van der Waals surface area contributed by atoms with Crippen LogP contribution in [0, 0.1) is 0 Å². The number of ketones is 1. The summed E-state index contributed by atoms with van der Waals surface area (Å²) in [5.41, 5.74) is 1.60. The predicted molar refractivity (Wildman–Crippen MR) is 65.2 cm³/mol. The van der Waals surface area contributed by atoms with E-state index in [2.05, 4.69) is 0 Å². The Morgan fingerprint density at radius 1 is 1.12 bits per heavy atom. The Morgan fingerprint density at radius 3 is 2.71 bits per heavy atom. The van der Waals surface area contributed by atoms with Crippen LogP contribution in [0.15, 0.2) is 54.6 Å². The fourth-order valence-electron chi connectivity index (χ4n) is 2.07. The lowest BCUT2D eigenvalue weighted by Crippen LogP contribution is -2.20. The van der Waals surface area contributed by atoms with E-state index in [9.17, 15) is 4.79 Å². The average Bonchev–Trinajstić information content (AvgIpc) is 2.39. The van der Waals surface area contributed by atoms with Gasteiger partial charge in [0.1, 0.15) is 11.9 Å². The molecule has 2 nitrogen and oxygen atoms in total. The Morgan fingerprint density at radius 2 is 1.88 bits per heavy atom. The highest BCUT2D eigenvalue weighted by Gasteiger charge is 2.26. The summed E-state index contributed by atoms with van der Waals surface area (Å²) in [5.74, 6) is 0.755. The topological polar surface area (TPSA) is 26.3 Å². The van der Waals surface area contributed by atoms with Crippen LogP contribution in [-0.4, -0.2) is 5.78 Å². The first kappa shape index (κ1) is 8.99. The standard InChI is InChI=1S/C15H12O2/c16-13-10-15(11-6-2-1-3-7-11)17-14-9-5-4-8-12(13)14/h1-9,15H,10H2/i1D. The fourth-order valence-corrected chi connectivity index (χ4v) is 2.07. The van der Waals surface area contributed by atoms with Crippen molar-refractivity contribution in [3.63, 3.8) is 0 Å². The number of hydrogen-bond donors (Lipinski definition) is 0. The van der Waals surface area contributed by atoms with Crippen molar-refractivity contribution in [3.05, 3.63) is 65.7 Å². The maximum Gasteiger partial charge on any atom is 0.170 e. The highest BCUT2D eigenvalue weighted by Crippen LogP contribution is 2.34. The molecule has 0 fully saturated rings. The van der Waals surface area contributed by atoms with Gasteiger partial charge in [0, 0.05) is 0 Å². The second kappa shape index (κ2) is 4.06. The zero-order valence-electron chi connectivity index (χ0n) is 10.2. The summed E-state index contributed by atoms with van der Waals surface area (Å²) in [7, 11) is 0. The van der Waals surface area contributed by atoms with Crippen molar-refractivity contribution < 1.29 is 10.9 Å². The lowest BCUT2D eigenvalue weighted by atomic mass is 9.96. The third kappa shape index (κ3) is 1.82. The van der Waals surface area contributed by atoms with Crippen molar-refractivity contribution in [2.75, 3.05) is 0 Å². The lowest BCUT2D eigenvalue weighted by molar-refractivity contribution is 0.0850. The second-order valence-electron chi connectivity index (χ2n) is 4.06. The highest BCUT2D eigenvalue weighted by atomic mass is 16.5. The monoisotopic (exact) mass is 225 g/mol. The van der Waals surface area contributed by atoms with E-state index in [-0.39, 0.29) is 11.9 Å². The molecule has 0 radical (unpaired) electrons. The Hall–Kier alpha value is -2.09. The molecule has 0 bridgehead atoms. The maximum absolute atomic E-state index is 12.0. The molecule has 0 saturated heterocycles. The van der Waals surface area contributed by atoms with Crippen molar-refractivity contribution in [3.8, 4) is 5.75 Å². The molecule has 1 aliphatic heterocycles. The largest absolute Gasteiger partial charge is 0.484 e. The zero-order chi connectivity index (χ0) is 12.5. The molecule has 2 aromatic carbocycles. The number of rotatable bonds is 1. The Bertz CT molecular complexity index is 590. The molecule has 2 heteroatoms. The van der Waals surface area contributed by atoms with Gasteiger partial charge in [-0.3, -0.25) is 4.79 Å². The maximum atomic E-state index is 12.0. The van der Waals surface area contributed by atoms with Gasteiger partial charge in [-0.2, -0.15) is 0 Å². The minimum atomic E-state index is -0.243. The van der Waals surface area contributed by atoms with Gasteiger partial charge in [0.15, 0.2) is 5.78 Å². The number of hydrogen-bond acceptors (Lipinski definition) is 2. The molecule has 3 rings (SSSR count). The quantitative estimate of drug-likeness (QED) is 0.743. The number of benzene rings is 2. The third-order valence-corrected chi connectivity index (χ3v) is 2.94. The Kier molecular flexibility index (Phi) is 2.15. The van der Waals surface area contributed by atoms with Crippen molar-refractivity contribution in [2.24, 2.45) is 0 Å². The van der Waals surface area contributed by atoms with Gasteiger partial charge in [-0.05, 0) is 17.7 Å². The normalized spacial score (nSPS) is 19.2. The summed E-state index contributed by atoms with van der Waals surface area (Å²) in [5, 5.41) is 0. The first-order valence-electron chi connectivity index (χ1n) is 6.09. The molecule has 2 aromatic rings. The molecule has 1 aliphatic rings. The van der Waals surface area contributed by atoms with E-state index in [1.165, 1.54) is 0 Å². The van der Waals surface area contributed by atoms with Crippen LogP contribution in [0.5, 0.6) is 5.75 Å². The molecule has 0 saturated carbocycles. The fraction of sp³-hybridized carbons (Fsp3) is 0.133. The van der Waals surface area contributed by atoms with Gasteiger partial charge in [0.05, 0.1) is 13.4 Å². The van der Waals surface area contributed by atoms with Crippen LogP contribution >= 0.6 is 0 Å². The molecular weight excluding hydrogens is 212 g/mol. The average molecular weight is 225 g/mol. The minimum Gasteiger partial charge on any atom is -0.484 e. The SMILES string of the molecule is [2H]c1ccc(C2CC(=O)c3ccccc3O2)cc1. The molecule has 0 spiro atoms. The molecule has 84 valence electrons. The van der Waals surface area contributed by atoms with Crippen LogP contribution in [0.2, 0.25) is 0 Å². The summed E-state index contributed by atoms with van der Waals surface area (Å²) in [6, 6.07) is 14.9. The van der Waals surface area contributed by atoms with E-state index >= 15 is 0 Å². The van der Waals surface area contributed by atoms with Gasteiger partial charge in [-0.25, -0.2) is 0 Å².